The van der Waals surface area contributed by atoms with E-state index in [2.05, 4.69) is 10.1 Å². The van der Waals surface area contributed by atoms with Gasteiger partial charge < -0.3 is 15.2 Å². The minimum absolute atomic E-state index is 0.227. The summed E-state index contributed by atoms with van der Waals surface area (Å²) in [6.45, 7) is 0. The second kappa shape index (κ2) is 9.52. The average Bonchev–Trinajstić information content (AvgIpc) is 2.65. The molecule has 0 saturated carbocycles. The highest BCUT2D eigenvalue weighted by molar-refractivity contribution is 6.29. The van der Waals surface area contributed by atoms with Crippen molar-refractivity contribution in [2.45, 2.75) is 0 Å². The summed E-state index contributed by atoms with van der Waals surface area (Å²) in [4.78, 5) is 20.5. The minimum Gasteiger partial charge on any atom is -0.473 e. The molecule has 0 fully saturated rings. The minimum atomic E-state index is -1.60. The number of esters is 1. The van der Waals surface area contributed by atoms with Gasteiger partial charge in [0, 0.05) is 11.4 Å². The van der Waals surface area contributed by atoms with E-state index in [0.717, 1.165) is 11.4 Å². The molecule has 5 nitrogen and oxygen atoms in total. The lowest BCUT2D eigenvalue weighted by molar-refractivity contribution is -0.158. The highest BCUT2D eigenvalue weighted by atomic mass is 16.6. The maximum absolute atomic E-state index is 10.5. The summed E-state index contributed by atoms with van der Waals surface area (Å²) in [5, 5.41) is 11.5. The molecule has 0 spiro atoms. The van der Waals surface area contributed by atoms with E-state index in [4.69, 9.17) is 5.11 Å². The Morgan fingerprint density at radius 3 is 1.48 bits per heavy atom. The fourth-order valence-corrected chi connectivity index (χ4v) is 1.85. The van der Waals surface area contributed by atoms with Crippen LogP contribution in [0.2, 0.25) is 0 Å². The maximum atomic E-state index is 10.5. The van der Waals surface area contributed by atoms with Crippen LogP contribution in [0.1, 0.15) is 0 Å². The molecule has 3 rings (SSSR count). The van der Waals surface area contributed by atoms with Crippen LogP contribution in [0.3, 0.4) is 0 Å². The first-order valence-electron chi connectivity index (χ1n) is 7.52. The van der Waals surface area contributed by atoms with Gasteiger partial charge in [-0.25, -0.2) is 9.59 Å². The third-order valence-electron chi connectivity index (χ3n) is 2.96. The molecule has 2 N–H and O–H groups in total. The van der Waals surface area contributed by atoms with Crippen molar-refractivity contribution in [3.05, 3.63) is 91.0 Å². The van der Waals surface area contributed by atoms with Crippen molar-refractivity contribution in [1.82, 2.24) is 0 Å². The van der Waals surface area contributed by atoms with Crippen LogP contribution < -0.4 is 10.1 Å². The van der Waals surface area contributed by atoms with Crippen LogP contribution in [0.4, 0.5) is 11.4 Å². The van der Waals surface area contributed by atoms with Crippen LogP contribution in [0, 0.1) is 0 Å². The third kappa shape index (κ3) is 6.58. The van der Waals surface area contributed by atoms with Gasteiger partial charge in [-0.15, -0.1) is 0 Å². The zero-order valence-corrected chi connectivity index (χ0v) is 13.3. The molecule has 0 atom stereocenters. The van der Waals surface area contributed by atoms with E-state index in [1.807, 2.05) is 60.7 Å². The lowest BCUT2D eigenvalue weighted by atomic mass is 10.3. The predicted octanol–water partition coefficient (Wildman–Crippen LogP) is 4.11. The van der Waals surface area contributed by atoms with E-state index >= 15 is 0 Å². The first-order chi connectivity index (χ1) is 12.1. The molecule has 0 aliphatic carbocycles. The molecule has 0 aliphatic rings. The summed E-state index contributed by atoms with van der Waals surface area (Å²) in [5.41, 5.74) is 2.24. The second-order valence-electron chi connectivity index (χ2n) is 4.86. The molecule has 0 bridgehead atoms. The summed E-state index contributed by atoms with van der Waals surface area (Å²) in [5.74, 6) is -2.65. The number of aliphatic carboxylic acids is 1. The summed E-state index contributed by atoms with van der Waals surface area (Å²) < 4.78 is 4.44. The lowest BCUT2D eigenvalue weighted by Gasteiger charge is -2.04. The number of carbonyl (C=O) groups is 2. The predicted molar refractivity (Wildman–Crippen MR) is 95.9 cm³/mol. The van der Waals surface area contributed by atoms with Crippen LogP contribution in [-0.4, -0.2) is 17.0 Å². The largest absolute Gasteiger partial charge is 0.473 e. The molecule has 0 aliphatic heterocycles. The van der Waals surface area contributed by atoms with Crippen molar-refractivity contribution in [2.75, 3.05) is 5.32 Å². The Balaban J connectivity index is 0.000000181. The van der Waals surface area contributed by atoms with Gasteiger partial charge in [0.15, 0.2) is 0 Å². The number of carbonyl (C=O) groups excluding carboxylic acids is 1. The molecule has 0 amide bonds. The zero-order valence-electron chi connectivity index (χ0n) is 13.3. The van der Waals surface area contributed by atoms with E-state index in [1.165, 1.54) is 12.1 Å². The zero-order chi connectivity index (χ0) is 17.9. The number of hydrogen-bond donors (Lipinski definition) is 2. The van der Waals surface area contributed by atoms with E-state index in [9.17, 15) is 9.59 Å². The average molecular weight is 335 g/mol. The molecule has 0 aromatic heterocycles. The number of ether oxygens (including phenoxy) is 1. The molecular weight excluding hydrogens is 318 g/mol. The first-order valence-corrected chi connectivity index (χ1v) is 7.52. The lowest BCUT2D eigenvalue weighted by Crippen LogP contribution is -2.19. The number of anilines is 2. The maximum Gasteiger partial charge on any atom is 0.422 e. The van der Waals surface area contributed by atoms with Gasteiger partial charge in [-0.3, -0.25) is 0 Å². The van der Waals surface area contributed by atoms with Gasteiger partial charge in [-0.2, -0.15) is 0 Å². The van der Waals surface area contributed by atoms with E-state index in [-0.39, 0.29) is 5.75 Å². The number of hydrogen-bond acceptors (Lipinski definition) is 4. The normalized spacial score (nSPS) is 9.28. The van der Waals surface area contributed by atoms with Crippen molar-refractivity contribution >= 4 is 23.3 Å². The van der Waals surface area contributed by atoms with Gasteiger partial charge in [0.1, 0.15) is 5.75 Å². The molecule has 0 saturated heterocycles. The summed E-state index contributed by atoms with van der Waals surface area (Å²) >= 11 is 0. The molecule has 25 heavy (non-hydrogen) atoms. The highest BCUT2D eigenvalue weighted by Gasteiger charge is 2.13. The molecule has 0 heterocycles. The SMILES string of the molecule is O=C(O)C(=O)Oc1ccccc1.c1ccc(Nc2ccccc2)cc1. The third-order valence-corrected chi connectivity index (χ3v) is 2.96. The molecular formula is C20H17NO4. The monoisotopic (exact) mass is 335 g/mol. The number of carboxylic acid groups (broad SMARTS) is 1. The van der Waals surface area contributed by atoms with Crippen molar-refractivity contribution < 1.29 is 19.4 Å². The van der Waals surface area contributed by atoms with E-state index in [1.54, 1.807) is 18.2 Å². The van der Waals surface area contributed by atoms with Gasteiger partial charge in [-0.1, -0.05) is 54.6 Å². The summed E-state index contributed by atoms with van der Waals surface area (Å²) in [6.07, 6.45) is 0. The Labute approximate surface area is 145 Å². The number of rotatable bonds is 3. The first kappa shape index (κ1) is 17.7. The van der Waals surface area contributed by atoms with Gasteiger partial charge in [0.25, 0.3) is 0 Å². The Bertz CT molecular complexity index is 752. The second-order valence-corrected chi connectivity index (χ2v) is 4.86. The standard InChI is InChI=1S/C12H11N.C8H6O4/c1-3-7-11(8-4-1)13-12-9-5-2-6-10-12;9-7(10)8(11)12-6-4-2-1-3-5-6/h1-10,13H;1-5H,(H,9,10). The van der Waals surface area contributed by atoms with Gasteiger partial charge in [-0.05, 0) is 36.4 Å². The Kier molecular flexibility index (Phi) is 6.76. The van der Waals surface area contributed by atoms with Crippen LogP contribution >= 0.6 is 0 Å². The smallest absolute Gasteiger partial charge is 0.422 e. The molecule has 0 radical (unpaired) electrons. The number of para-hydroxylation sites is 3. The van der Waals surface area contributed by atoms with Crippen LogP contribution in [0.5, 0.6) is 5.75 Å². The number of carboxylic acids is 1. The quantitative estimate of drug-likeness (QED) is 0.428. The Morgan fingerprint density at radius 1 is 0.680 bits per heavy atom. The molecule has 3 aromatic carbocycles. The fourth-order valence-electron chi connectivity index (χ4n) is 1.85. The van der Waals surface area contributed by atoms with Crippen molar-refractivity contribution in [2.24, 2.45) is 0 Å². The number of nitrogens with one attached hydrogen (secondary N) is 1. The molecule has 126 valence electrons. The number of benzene rings is 3. The van der Waals surface area contributed by atoms with Gasteiger partial charge >= 0.3 is 11.9 Å². The fraction of sp³-hybridized carbons (Fsp3) is 0. The van der Waals surface area contributed by atoms with Crippen molar-refractivity contribution in [3.8, 4) is 5.75 Å². The van der Waals surface area contributed by atoms with Crippen molar-refractivity contribution in [1.29, 1.82) is 0 Å². The van der Waals surface area contributed by atoms with Crippen LogP contribution in [0.25, 0.3) is 0 Å². The topological polar surface area (TPSA) is 75.6 Å². The molecule has 5 heteroatoms. The summed E-state index contributed by atoms with van der Waals surface area (Å²) in [6, 6.07) is 28.3. The molecule has 0 unspecified atom stereocenters. The summed E-state index contributed by atoms with van der Waals surface area (Å²) in [7, 11) is 0. The van der Waals surface area contributed by atoms with Gasteiger partial charge in [0.2, 0.25) is 0 Å². The van der Waals surface area contributed by atoms with Crippen LogP contribution in [0.15, 0.2) is 91.0 Å². The van der Waals surface area contributed by atoms with Gasteiger partial charge in [0.05, 0.1) is 0 Å². The highest BCUT2D eigenvalue weighted by Crippen LogP contribution is 2.14. The molecule has 3 aromatic rings. The Morgan fingerprint density at radius 2 is 1.08 bits per heavy atom. The van der Waals surface area contributed by atoms with Crippen molar-refractivity contribution in [3.63, 3.8) is 0 Å². The van der Waals surface area contributed by atoms with E-state index < -0.39 is 11.9 Å². The van der Waals surface area contributed by atoms with E-state index in [0.29, 0.717) is 0 Å². The van der Waals surface area contributed by atoms with Crippen LogP contribution in [-0.2, 0) is 9.59 Å². The Hall–Kier alpha value is -3.60.